The number of hydrogen-bond acceptors (Lipinski definition) is 7. The van der Waals surface area contributed by atoms with E-state index in [-0.39, 0.29) is 11.7 Å². The molecule has 2 aromatic carbocycles. The van der Waals surface area contributed by atoms with E-state index >= 15 is 0 Å². The number of nitrogens with one attached hydrogen (secondary N) is 1. The molecule has 0 saturated heterocycles. The van der Waals surface area contributed by atoms with Crippen LogP contribution in [-0.2, 0) is 19.4 Å². The minimum atomic E-state index is -3.98. The largest absolute Gasteiger partial charge is 0.454 e. The van der Waals surface area contributed by atoms with E-state index < -0.39 is 38.2 Å². The molecule has 2 aromatic rings. The van der Waals surface area contributed by atoms with Crippen LogP contribution in [0.5, 0.6) is 11.5 Å². The molecule has 0 bridgehead atoms. The Balaban J connectivity index is 1.76. The number of hydrogen-bond donors (Lipinski definition) is 1. The molecule has 1 amide bonds. The predicted octanol–water partition coefficient (Wildman–Crippen LogP) is 3.13. The lowest BCUT2D eigenvalue weighted by molar-refractivity contribution is -0.110. The van der Waals surface area contributed by atoms with Crippen molar-refractivity contribution in [3.8, 4) is 11.5 Å². The molecule has 0 radical (unpaired) electrons. The van der Waals surface area contributed by atoms with Crippen LogP contribution in [0.4, 0.5) is 4.79 Å². The number of alkyl carbamates (subject to hydrolysis) is 1. The van der Waals surface area contributed by atoms with Crippen molar-refractivity contribution in [2.45, 2.75) is 54.9 Å². The highest BCUT2D eigenvalue weighted by atomic mass is 32.2. The zero-order valence-electron chi connectivity index (χ0n) is 18.2. The third-order valence-electron chi connectivity index (χ3n) is 5.53. The van der Waals surface area contributed by atoms with Gasteiger partial charge in [0.1, 0.15) is 22.7 Å². The molecule has 0 spiro atoms. The van der Waals surface area contributed by atoms with Crippen LogP contribution in [0.1, 0.15) is 37.8 Å². The van der Waals surface area contributed by atoms with Gasteiger partial charge in [0, 0.05) is 5.92 Å². The Kier molecular flexibility index (Phi) is 5.20. The average molecular weight is 460 g/mol. The van der Waals surface area contributed by atoms with E-state index in [2.05, 4.69) is 5.32 Å². The Hall–Kier alpha value is -3.07. The lowest BCUT2D eigenvalue weighted by Gasteiger charge is -2.22. The average Bonchev–Trinajstić information content (AvgIpc) is 3.13. The monoisotopic (exact) mass is 459 g/mol. The first-order valence-corrected chi connectivity index (χ1v) is 11.7. The molecule has 1 saturated carbocycles. The van der Waals surface area contributed by atoms with Gasteiger partial charge in [0.2, 0.25) is 6.79 Å². The number of amides is 1. The van der Waals surface area contributed by atoms with E-state index in [1.165, 1.54) is 12.1 Å². The molecule has 1 heterocycles. The van der Waals surface area contributed by atoms with E-state index in [1.807, 2.05) is 6.92 Å². The topological polar surface area (TPSA) is 108 Å². The predicted molar refractivity (Wildman–Crippen MR) is 116 cm³/mol. The maximum Gasteiger partial charge on any atom is 0.408 e. The van der Waals surface area contributed by atoms with E-state index in [1.54, 1.807) is 51.1 Å². The Labute approximate surface area is 186 Å². The first-order chi connectivity index (χ1) is 15.0. The lowest BCUT2D eigenvalue weighted by Crippen LogP contribution is -2.45. The highest BCUT2D eigenvalue weighted by Crippen LogP contribution is 2.57. The minimum absolute atomic E-state index is 0.0591. The number of aryl methyl sites for hydroxylation is 1. The second kappa shape index (κ2) is 7.51. The van der Waals surface area contributed by atoms with Gasteiger partial charge in [-0.1, -0.05) is 23.8 Å². The molecule has 8 nitrogen and oxygen atoms in total. The number of fused-ring (bicyclic) bond motifs is 1. The Bertz CT molecular complexity index is 1170. The second-order valence-corrected chi connectivity index (χ2v) is 11.1. The fourth-order valence-electron chi connectivity index (χ4n) is 4.04. The first kappa shape index (κ1) is 22.1. The number of sulfone groups is 1. The van der Waals surface area contributed by atoms with Gasteiger partial charge in [-0.05, 0) is 57.5 Å². The van der Waals surface area contributed by atoms with Gasteiger partial charge in [0.05, 0.1) is 4.90 Å². The number of rotatable bonds is 5. The summed E-state index contributed by atoms with van der Waals surface area (Å²) in [6, 6.07) is 11.4. The summed E-state index contributed by atoms with van der Waals surface area (Å²) in [5.41, 5.74) is -1.05. The van der Waals surface area contributed by atoms with Crippen LogP contribution in [0.3, 0.4) is 0 Å². The van der Waals surface area contributed by atoms with Gasteiger partial charge < -0.3 is 24.3 Å². The Morgan fingerprint density at radius 2 is 1.78 bits per heavy atom. The van der Waals surface area contributed by atoms with Crippen molar-refractivity contribution < 1.29 is 32.2 Å². The van der Waals surface area contributed by atoms with Crippen LogP contribution in [0.25, 0.3) is 0 Å². The Morgan fingerprint density at radius 1 is 1.12 bits per heavy atom. The maximum atomic E-state index is 13.6. The molecule has 0 unspecified atom stereocenters. The summed E-state index contributed by atoms with van der Waals surface area (Å²) < 4.78 is 43.2. The van der Waals surface area contributed by atoms with Crippen molar-refractivity contribution in [3.05, 3.63) is 53.6 Å². The van der Waals surface area contributed by atoms with E-state index in [4.69, 9.17) is 14.2 Å². The lowest BCUT2D eigenvalue weighted by atomic mass is 10.1. The maximum absolute atomic E-state index is 13.6. The molecule has 2 aliphatic rings. The van der Waals surface area contributed by atoms with Crippen molar-refractivity contribution in [3.63, 3.8) is 0 Å². The zero-order chi connectivity index (χ0) is 23.3. The SMILES string of the molecule is Cc1ccc(S(=O)(=O)[C@@H]2[C@H](c3ccc4c(c3)OCO4)[C@]2(C=O)NC(=O)OC(C)(C)C)cc1. The van der Waals surface area contributed by atoms with Gasteiger partial charge >= 0.3 is 6.09 Å². The standard InChI is InChI=1S/C23H25NO7S/c1-14-5-8-16(9-6-14)32(27,28)20-19(15-7-10-17-18(11-15)30-13-29-17)23(20,12-25)24-21(26)31-22(2,3)4/h5-12,19-20H,13H2,1-4H3,(H,24,26)/t19-,20+,23-/m0/s1. The molecule has 1 fully saturated rings. The molecule has 1 aliphatic heterocycles. The van der Waals surface area contributed by atoms with Crippen molar-refractivity contribution in [1.29, 1.82) is 0 Å². The second-order valence-electron chi connectivity index (χ2n) is 9.05. The number of carbonyl (C=O) groups excluding carboxylic acids is 2. The summed E-state index contributed by atoms with van der Waals surface area (Å²) in [5.74, 6) is 0.162. The van der Waals surface area contributed by atoms with Crippen LogP contribution in [0.15, 0.2) is 47.4 Å². The molecule has 4 rings (SSSR count). The zero-order valence-corrected chi connectivity index (χ0v) is 19.1. The quantitative estimate of drug-likeness (QED) is 0.685. The summed E-state index contributed by atoms with van der Waals surface area (Å²) in [4.78, 5) is 25.0. The summed E-state index contributed by atoms with van der Waals surface area (Å²) in [5, 5.41) is 1.34. The molecular weight excluding hydrogens is 434 g/mol. The Morgan fingerprint density at radius 3 is 2.41 bits per heavy atom. The van der Waals surface area contributed by atoms with Crippen LogP contribution < -0.4 is 14.8 Å². The number of carbonyl (C=O) groups is 2. The van der Waals surface area contributed by atoms with Gasteiger partial charge in [-0.15, -0.1) is 0 Å². The highest BCUT2D eigenvalue weighted by molar-refractivity contribution is 7.92. The van der Waals surface area contributed by atoms with Crippen molar-refractivity contribution >= 4 is 22.2 Å². The normalized spacial score (nSPS) is 24.0. The summed E-state index contributed by atoms with van der Waals surface area (Å²) >= 11 is 0. The minimum Gasteiger partial charge on any atom is -0.454 e. The summed E-state index contributed by atoms with van der Waals surface area (Å²) in [7, 11) is -3.98. The molecule has 3 atom stereocenters. The molecule has 1 aliphatic carbocycles. The van der Waals surface area contributed by atoms with E-state index in [0.717, 1.165) is 5.56 Å². The summed E-state index contributed by atoms with van der Waals surface area (Å²) in [6.45, 7) is 6.96. The van der Waals surface area contributed by atoms with Gasteiger partial charge in [0.15, 0.2) is 21.3 Å². The fourth-order valence-corrected chi connectivity index (χ4v) is 6.29. The first-order valence-electron chi connectivity index (χ1n) is 10.2. The molecule has 32 heavy (non-hydrogen) atoms. The van der Waals surface area contributed by atoms with E-state index in [9.17, 15) is 18.0 Å². The van der Waals surface area contributed by atoms with Gasteiger partial charge in [0.25, 0.3) is 0 Å². The number of benzene rings is 2. The fraction of sp³-hybridized carbons (Fsp3) is 0.391. The van der Waals surface area contributed by atoms with E-state index in [0.29, 0.717) is 23.3 Å². The third kappa shape index (κ3) is 3.81. The highest BCUT2D eigenvalue weighted by Gasteiger charge is 2.73. The molecule has 9 heteroatoms. The molecule has 170 valence electrons. The van der Waals surface area contributed by atoms with Crippen LogP contribution >= 0.6 is 0 Å². The van der Waals surface area contributed by atoms with Gasteiger partial charge in [-0.2, -0.15) is 0 Å². The van der Waals surface area contributed by atoms with Gasteiger partial charge in [-0.3, -0.25) is 0 Å². The molecular formula is C23H25NO7S. The van der Waals surface area contributed by atoms with Gasteiger partial charge in [-0.25, -0.2) is 13.2 Å². The smallest absolute Gasteiger partial charge is 0.408 e. The van der Waals surface area contributed by atoms with Crippen LogP contribution in [0.2, 0.25) is 0 Å². The van der Waals surface area contributed by atoms with Crippen LogP contribution in [-0.4, -0.2) is 44.0 Å². The van der Waals surface area contributed by atoms with Crippen LogP contribution in [0, 0.1) is 6.92 Å². The van der Waals surface area contributed by atoms with Crippen molar-refractivity contribution in [1.82, 2.24) is 5.32 Å². The van der Waals surface area contributed by atoms with Crippen molar-refractivity contribution in [2.24, 2.45) is 0 Å². The molecule has 0 aromatic heterocycles. The molecule has 1 N–H and O–H groups in total. The van der Waals surface area contributed by atoms with Crippen molar-refractivity contribution in [2.75, 3.05) is 6.79 Å². The third-order valence-corrected chi connectivity index (χ3v) is 7.79. The number of ether oxygens (including phenoxy) is 3. The number of aldehydes is 1. The summed E-state index contributed by atoms with van der Waals surface area (Å²) in [6.07, 6.45) is -0.375.